The lowest BCUT2D eigenvalue weighted by atomic mass is 10.1. The molecule has 0 heterocycles. The Bertz CT molecular complexity index is 740. The van der Waals surface area contributed by atoms with Crippen molar-refractivity contribution in [1.82, 2.24) is 5.32 Å². The van der Waals surface area contributed by atoms with Gasteiger partial charge < -0.3 is 5.32 Å². The third kappa shape index (κ3) is 5.62. The van der Waals surface area contributed by atoms with Gasteiger partial charge >= 0.3 is 0 Å². The second kappa shape index (κ2) is 8.40. The Morgan fingerprint density at radius 2 is 1.83 bits per heavy atom. The molecule has 0 saturated carbocycles. The van der Waals surface area contributed by atoms with Gasteiger partial charge in [0.25, 0.3) is 5.69 Å². The van der Waals surface area contributed by atoms with Crippen LogP contribution in [0.2, 0.25) is 0 Å². The lowest BCUT2D eigenvalue weighted by Crippen LogP contribution is -2.32. The van der Waals surface area contributed by atoms with Gasteiger partial charge in [0.05, 0.1) is 4.92 Å². The lowest BCUT2D eigenvalue weighted by molar-refractivity contribution is -0.384. The van der Waals surface area contributed by atoms with Gasteiger partial charge in [-0.1, -0.05) is 28.1 Å². The predicted octanol–water partition coefficient (Wildman–Crippen LogP) is 4.12. The number of benzene rings is 2. The van der Waals surface area contributed by atoms with E-state index >= 15 is 0 Å². The van der Waals surface area contributed by atoms with Gasteiger partial charge in [0, 0.05) is 28.7 Å². The fraction of sp³-hybridized carbons (Fsp3) is 0.167. The van der Waals surface area contributed by atoms with E-state index in [4.69, 9.17) is 0 Å². The van der Waals surface area contributed by atoms with Gasteiger partial charge in [-0.05, 0) is 54.8 Å². The highest BCUT2D eigenvalue weighted by Crippen LogP contribution is 2.13. The highest BCUT2D eigenvalue weighted by atomic mass is 79.9. The fourth-order valence-corrected chi connectivity index (χ4v) is 2.46. The second-order valence-electron chi connectivity index (χ2n) is 5.42. The zero-order chi connectivity index (χ0) is 17.5. The summed E-state index contributed by atoms with van der Waals surface area (Å²) in [5.74, 6) is -0.196. The number of halogens is 1. The van der Waals surface area contributed by atoms with E-state index in [0.717, 1.165) is 22.0 Å². The third-order valence-electron chi connectivity index (χ3n) is 3.37. The zero-order valence-corrected chi connectivity index (χ0v) is 14.7. The topological polar surface area (TPSA) is 72.2 Å². The molecule has 0 spiro atoms. The number of non-ortho nitro benzene ring substituents is 1. The number of nitrogens with zero attached hydrogens (tertiary/aromatic N) is 1. The first kappa shape index (κ1) is 17.9. The molecule has 124 valence electrons. The quantitative estimate of drug-likeness (QED) is 0.459. The van der Waals surface area contributed by atoms with Crippen LogP contribution in [0.15, 0.2) is 59.1 Å². The highest BCUT2D eigenvalue weighted by molar-refractivity contribution is 9.10. The predicted molar refractivity (Wildman–Crippen MR) is 97.6 cm³/mol. The SMILES string of the molecule is CC(Cc1ccc(Br)cc1)NC(=O)/C=C/c1ccc([N+](=O)[O-])cc1. The van der Waals surface area contributed by atoms with Crippen LogP contribution in [0.4, 0.5) is 5.69 Å². The minimum absolute atomic E-state index is 0.000172. The highest BCUT2D eigenvalue weighted by Gasteiger charge is 2.06. The number of rotatable bonds is 6. The summed E-state index contributed by atoms with van der Waals surface area (Å²) >= 11 is 3.39. The van der Waals surface area contributed by atoms with Gasteiger partial charge in [-0.2, -0.15) is 0 Å². The molecule has 1 N–H and O–H groups in total. The Hall–Kier alpha value is -2.47. The molecule has 2 aromatic rings. The van der Waals surface area contributed by atoms with Crippen LogP contribution in [0.5, 0.6) is 0 Å². The Balaban J connectivity index is 1.87. The fourth-order valence-electron chi connectivity index (χ4n) is 2.20. The monoisotopic (exact) mass is 388 g/mol. The van der Waals surface area contributed by atoms with Gasteiger partial charge in [-0.25, -0.2) is 0 Å². The molecule has 0 aliphatic heterocycles. The van der Waals surface area contributed by atoms with E-state index < -0.39 is 4.92 Å². The minimum Gasteiger partial charge on any atom is -0.350 e. The van der Waals surface area contributed by atoms with Crippen molar-refractivity contribution in [2.45, 2.75) is 19.4 Å². The Kier molecular flexibility index (Phi) is 6.26. The average molecular weight is 389 g/mol. The maximum atomic E-state index is 11.9. The molecule has 24 heavy (non-hydrogen) atoms. The standard InChI is InChI=1S/C18H17BrN2O3/c1-13(12-15-2-7-16(19)8-3-15)20-18(22)11-6-14-4-9-17(10-5-14)21(23)24/h2-11,13H,12H2,1H3,(H,20,22)/b11-6+. The summed E-state index contributed by atoms with van der Waals surface area (Å²) in [6.45, 7) is 1.94. The van der Waals surface area contributed by atoms with E-state index in [-0.39, 0.29) is 17.6 Å². The van der Waals surface area contributed by atoms with Crippen LogP contribution < -0.4 is 5.32 Å². The van der Waals surface area contributed by atoms with Gasteiger partial charge in [-0.3, -0.25) is 14.9 Å². The van der Waals surface area contributed by atoms with Crippen LogP contribution in [-0.4, -0.2) is 16.9 Å². The van der Waals surface area contributed by atoms with E-state index in [0.29, 0.717) is 0 Å². The number of hydrogen-bond acceptors (Lipinski definition) is 3. The minimum atomic E-state index is -0.454. The molecule has 0 radical (unpaired) electrons. The molecule has 1 amide bonds. The second-order valence-corrected chi connectivity index (χ2v) is 6.34. The first-order valence-corrected chi connectivity index (χ1v) is 8.21. The van der Waals surface area contributed by atoms with Crippen molar-refractivity contribution in [3.63, 3.8) is 0 Å². The molecule has 2 rings (SSSR count). The van der Waals surface area contributed by atoms with Crippen molar-refractivity contribution in [3.05, 3.63) is 80.3 Å². The average Bonchev–Trinajstić information content (AvgIpc) is 2.55. The van der Waals surface area contributed by atoms with Crippen LogP contribution in [0.3, 0.4) is 0 Å². The molecule has 0 fully saturated rings. The van der Waals surface area contributed by atoms with Crippen LogP contribution >= 0.6 is 15.9 Å². The largest absolute Gasteiger partial charge is 0.350 e. The Morgan fingerprint density at radius 1 is 1.21 bits per heavy atom. The van der Waals surface area contributed by atoms with Gasteiger partial charge in [-0.15, -0.1) is 0 Å². The molecule has 0 bridgehead atoms. The molecule has 1 unspecified atom stereocenters. The van der Waals surface area contributed by atoms with Crippen molar-refractivity contribution in [2.75, 3.05) is 0 Å². The maximum Gasteiger partial charge on any atom is 0.269 e. The van der Waals surface area contributed by atoms with Crippen molar-refractivity contribution in [2.24, 2.45) is 0 Å². The normalized spacial score (nSPS) is 12.1. The lowest BCUT2D eigenvalue weighted by Gasteiger charge is -2.12. The molecule has 0 aliphatic rings. The smallest absolute Gasteiger partial charge is 0.269 e. The maximum absolute atomic E-state index is 11.9. The number of nitrogens with one attached hydrogen (secondary N) is 1. The van der Waals surface area contributed by atoms with E-state index in [1.165, 1.54) is 18.2 Å². The van der Waals surface area contributed by atoms with Gasteiger partial charge in [0.15, 0.2) is 0 Å². The van der Waals surface area contributed by atoms with Crippen LogP contribution in [0, 0.1) is 10.1 Å². The molecular formula is C18H17BrN2O3. The molecule has 6 heteroatoms. The number of hydrogen-bond donors (Lipinski definition) is 1. The number of carbonyl (C=O) groups is 1. The molecule has 5 nitrogen and oxygen atoms in total. The van der Waals surface area contributed by atoms with Crippen molar-refractivity contribution < 1.29 is 9.72 Å². The van der Waals surface area contributed by atoms with E-state index in [2.05, 4.69) is 21.2 Å². The number of amides is 1. The van der Waals surface area contributed by atoms with E-state index in [9.17, 15) is 14.9 Å². The summed E-state index contributed by atoms with van der Waals surface area (Å²) < 4.78 is 1.02. The van der Waals surface area contributed by atoms with Crippen LogP contribution in [0.25, 0.3) is 6.08 Å². The van der Waals surface area contributed by atoms with Crippen molar-refractivity contribution in [3.8, 4) is 0 Å². The summed E-state index contributed by atoms with van der Waals surface area (Å²) in [5.41, 5.74) is 1.90. The van der Waals surface area contributed by atoms with Crippen molar-refractivity contribution in [1.29, 1.82) is 0 Å². The summed E-state index contributed by atoms with van der Waals surface area (Å²) in [6, 6.07) is 14.0. The molecule has 2 aromatic carbocycles. The molecule has 0 aromatic heterocycles. The molecule has 1 atom stereocenters. The van der Waals surface area contributed by atoms with Crippen LogP contribution in [-0.2, 0) is 11.2 Å². The van der Waals surface area contributed by atoms with Gasteiger partial charge in [0.2, 0.25) is 5.91 Å². The summed E-state index contributed by atoms with van der Waals surface area (Å²) in [7, 11) is 0. The van der Waals surface area contributed by atoms with Crippen molar-refractivity contribution >= 4 is 33.6 Å². The Morgan fingerprint density at radius 3 is 2.42 bits per heavy atom. The third-order valence-corrected chi connectivity index (χ3v) is 3.90. The summed E-state index contributed by atoms with van der Waals surface area (Å²) in [4.78, 5) is 22.1. The first-order chi connectivity index (χ1) is 11.4. The molecule has 0 aliphatic carbocycles. The first-order valence-electron chi connectivity index (χ1n) is 7.41. The summed E-state index contributed by atoms with van der Waals surface area (Å²) in [6.07, 6.45) is 3.80. The van der Waals surface area contributed by atoms with E-state index in [1.54, 1.807) is 18.2 Å². The number of nitro groups is 1. The number of carbonyl (C=O) groups excluding carboxylic acids is 1. The van der Waals surface area contributed by atoms with E-state index in [1.807, 2.05) is 31.2 Å². The molecular weight excluding hydrogens is 372 g/mol. The summed E-state index contributed by atoms with van der Waals surface area (Å²) in [5, 5.41) is 13.5. The number of nitro benzene ring substituents is 1. The van der Waals surface area contributed by atoms with Gasteiger partial charge in [0.1, 0.15) is 0 Å². The van der Waals surface area contributed by atoms with Crippen LogP contribution in [0.1, 0.15) is 18.1 Å². The molecule has 0 saturated heterocycles. The zero-order valence-electron chi connectivity index (χ0n) is 13.1. The Labute approximate surface area is 148 Å².